The van der Waals surface area contributed by atoms with Crippen LogP contribution in [0.15, 0.2) is 12.2 Å². The van der Waals surface area contributed by atoms with Gasteiger partial charge >= 0.3 is 5.97 Å². The number of aliphatic hydroxyl groups excluding tert-OH is 1. The predicted octanol–water partition coefficient (Wildman–Crippen LogP) is 1.41. The van der Waals surface area contributed by atoms with Gasteiger partial charge in [-0.1, -0.05) is 13.5 Å². The molecule has 1 heterocycles. The zero-order valence-corrected chi connectivity index (χ0v) is 11.6. The molecule has 0 unspecified atom stereocenters. The van der Waals surface area contributed by atoms with Gasteiger partial charge in [-0.15, -0.1) is 0 Å². The summed E-state index contributed by atoms with van der Waals surface area (Å²) in [5.41, 5.74) is -0.637. The Labute approximate surface area is 113 Å². The second-order valence-electron chi connectivity index (χ2n) is 6.99. The monoisotopic (exact) mass is 266 g/mol. The zero-order chi connectivity index (χ0) is 14.0. The largest absolute Gasteiger partial charge is 0.458 e. The van der Waals surface area contributed by atoms with E-state index in [2.05, 4.69) is 6.58 Å². The van der Waals surface area contributed by atoms with Gasteiger partial charge in [-0.05, 0) is 38.5 Å². The quantitative estimate of drug-likeness (QED) is 0.514. The standard InChI is InChI=1S/C15H22O4/c1-8-9-6-11-14(2,7-10(9)19-13(8)17)12(16)4-5-15(11,3)18/h9-12,16,18H,1,4-7H2,2-3H3/t9-,10+,11-,12-,14-,15-/m0/s1. The lowest BCUT2D eigenvalue weighted by molar-refractivity contribution is -0.189. The van der Waals surface area contributed by atoms with E-state index >= 15 is 0 Å². The Bertz CT molecular complexity index is 441. The van der Waals surface area contributed by atoms with Crippen molar-refractivity contribution < 1.29 is 19.7 Å². The summed E-state index contributed by atoms with van der Waals surface area (Å²) in [6, 6.07) is 0. The van der Waals surface area contributed by atoms with E-state index in [9.17, 15) is 15.0 Å². The van der Waals surface area contributed by atoms with Crippen molar-refractivity contribution >= 4 is 5.97 Å². The van der Waals surface area contributed by atoms with Crippen LogP contribution >= 0.6 is 0 Å². The summed E-state index contributed by atoms with van der Waals surface area (Å²) in [5.74, 6) is -0.329. The van der Waals surface area contributed by atoms with Crippen molar-refractivity contribution in [2.45, 2.75) is 57.3 Å². The number of esters is 1. The third-order valence-corrected chi connectivity index (χ3v) is 5.78. The van der Waals surface area contributed by atoms with Crippen molar-refractivity contribution in [1.82, 2.24) is 0 Å². The highest BCUT2D eigenvalue weighted by molar-refractivity contribution is 5.90. The molecule has 6 atom stereocenters. The second kappa shape index (κ2) is 3.83. The third-order valence-electron chi connectivity index (χ3n) is 5.78. The summed E-state index contributed by atoms with van der Waals surface area (Å²) in [7, 11) is 0. The number of carbonyl (C=O) groups excluding carboxylic acids is 1. The van der Waals surface area contributed by atoms with Gasteiger partial charge in [0.25, 0.3) is 0 Å². The van der Waals surface area contributed by atoms with Crippen molar-refractivity contribution in [3.63, 3.8) is 0 Å². The number of hydrogen-bond donors (Lipinski definition) is 2. The van der Waals surface area contributed by atoms with Crippen molar-refractivity contribution in [3.05, 3.63) is 12.2 Å². The van der Waals surface area contributed by atoms with Gasteiger partial charge < -0.3 is 14.9 Å². The van der Waals surface area contributed by atoms with Crippen LogP contribution < -0.4 is 0 Å². The highest BCUT2D eigenvalue weighted by Crippen LogP contribution is 2.58. The Morgan fingerprint density at radius 2 is 2.11 bits per heavy atom. The maximum atomic E-state index is 11.6. The first-order valence-electron chi connectivity index (χ1n) is 7.06. The van der Waals surface area contributed by atoms with Crippen LogP contribution in [0, 0.1) is 17.3 Å². The van der Waals surface area contributed by atoms with Crippen LogP contribution in [0.4, 0.5) is 0 Å². The highest BCUT2D eigenvalue weighted by Gasteiger charge is 2.60. The maximum absolute atomic E-state index is 11.6. The summed E-state index contributed by atoms with van der Waals surface area (Å²) in [6.45, 7) is 7.69. The molecule has 1 aliphatic heterocycles. The van der Waals surface area contributed by atoms with Crippen LogP contribution in [-0.4, -0.2) is 34.0 Å². The Morgan fingerprint density at radius 1 is 1.42 bits per heavy atom. The van der Waals surface area contributed by atoms with E-state index in [1.165, 1.54) is 0 Å². The Hall–Kier alpha value is -0.870. The fourth-order valence-corrected chi connectivity index (χ4v) is 4.51. The van der Waals surface area contributed by atoms with Gasteiger partial charge in [-0.3, -0.25) is 0 Å². The van der Waals surface area contributed by atoms with E-state index < -0.39 is 11.7 Å². The molecule has 4 heteroatoms. The van der Waals surface area contributed by atoms with Gasteiger partial charge in [-0.25, -0.2) is 4.79 Å². The van der Waals surface area contributed by atoms with Gasteiger partial charge in [0.1, 0.15) is 6.10 Å². The molecule has 0 bridgehead atoms. The molecule has 0 radical (unpaired) electrons. The number of fused-ring (bicyclic) bond motifs is 2. The topological polar surface area (TPSA) is 66.8 Å². The Kier molecular flexibility index (Phi) is 2.64. The van der Waals surface area contributed by atoms with Crippen molar-refractivity contribution in [1.29, 1.82) is 0 Å². The number of carbonyl (C=O) groups is 1. The molecule has 3 aliphatic rings. The minimum absolute atomic E-state index is 0.00218. The Balaban J connectivity index is 1.97. The second-order valence-corrected chi connectivity index (χ2v) is 6.99. The first-order chi connectivity index (χ1) is 8.75. The molecule has 2 saturated carbocycles. The lowest BCUT2D eigenvalue weighted by Crippen LogP contribution is -2.59. The van der Waals surface area contributed by atoms with Crippen molar-refractivity contribution in [2.24, 2.45) is 17.3 Å². The average molecular weight is 266 g/mol. The van der Waals surface area contributed by atoms with Gasteiger partial charge in [-0.2, -0.15) is 0 Å². The maximum Gasteiger partial charge on any atom is 0.334 e. The molecular weight excluding hydrogens is 244 g/mol. The highest BCUT2D eigenvalue weighted by atomic mass is 16.6. The van der Waals surface area contributed by atoms with Gasteiger partial charge in [0.05, 0.1) is 11.7 Å². The number of hydrogen-bond acceptors (Lipinski definition) is 4. The van der Waals surface area contributed by atoms with Gasteiger partial charge in [0.15, 0.2) is 0 Å². The summed E-state index contributed by atoms with van der Waals surface area (Å²) in [5, 5.41) is 21.0. The predicted molar refractivity (Wildman–Crippen MR) is 69.2 cm³/mol. The molecule has 1 saturated heterocycles. The van der Waals surface area contributed by atoms with Gasteiger partial charge in [0.2, 0.25) is 0 Å². The molecule has 0 spiro atoms. The first-order valence-corrected chi connectivity index (χ1v) is 7.06. The van der Waals surface area contributed by atoms with Crippen LogP contribution in [0.1, 0.15) is 39.5 Å². The molecule has 106 valence electrons. The van der Waals surface area contributed by atoms with E-state index in [4.69, 9.17) is 4.74 Å². The minimum Gasteiger partial charge on any atom is -0.458 e. The Morgan fingerprint density at radius 3 is 2.79 bits per heavy atom. The summed E-state index contributed by atoms with van der Waals surface area (Å²) in [6.07, 6.45) is 1.88. The fourth-order valence-electron chi connectivity index (χ4n) is 4.51. The molecule has 2 aliphatic carbocycles. The molecule has 0 aromatic carbocycles. The van der Waals surface area contributed by atoms with E-state index in [1.807, 2.05) is 13.8 Å². The molecule has 0 aromatic heterocycles. The van der Waals surface area contributed by atoms with Crippen LogP contribution in [0.25, 0.3) is 0 Å². The number of aliphatic hydroxyl groups is 2. The van der Waals surface area contributed by atoms with Crippen LogP contribution in [0.3, 0.4) is 0 Å². The third kappa shape index (κ3) is 1.69. The molecule has 0 aromatic rings. The minimum atomic E-state index is -0.787. The zero-order valence-electron chi connectivity index (χ0n) is 11.6. The molecule has 2 N–H and O–H groups in total. The molecule has 0 amide bonds. The van der Waals surface area contributed by atoms with Crippen LogP contribution in [0.2, 0.25) is 0 Å². The first kappa shape index (κ1) is 13.1. The van der Waals surface area contributed by atoms with E-state index in [0.29, 0.717) is 31.3 Å². The number of ether oxygens (including phenoxy) is 1. The van der Waals surface area contributed by atoms with E-state index in [-0.39, 0.29) is 29.3 Å². The molecular formula is C15H22O4. The SMILES string of the molecule is C=C1C(=O)O[C@@H]2C[C@]3(C)[C@@H](O)CC[C@](C)(O)[C@H]3C[C@@H]12. The van der Waals surface area contributed by atoms with Crippen molar-refractivity contribution in [3.8, 4) is 0 Å². The van der Waals surface area contributed by atoms with Crippen LogP contribution in [-0.2, 0) is 9.53 Å². The van der Waals surface area contributed by atoms with Crippen molar-refractivity contribution in [2.75, 3.05) is 0 Å². The van der Waals surface area contributed by atoms with Crippen LogP contribution in [0.5, 0.6) is 0 Å². The summed E-state index contributed by atoms with van der Waals surface area (Å²) in [4.78, 5) is 11.6. The van der Waals surface area contributed by atoms with E-state index in [0.717, 1.165) is 0 Å². The molecule has 3 fully saturated rings. The smallest absolute Gasteiger partial charge is 0.334 e. The molecule has 19 heavy (non-hydrogen) atoms. The fraction of sp³-hybridized carbons (Fsp3) is 0.800. The molecule has 3 rings (SSSR count). The lowest BCUT2D eigenvalue weighted by Gasteiger charge is -2.56. The summed E-state index contributed by atoms with van der Waals surface area (Å²) >= 11 is 0. The molecule has 4 nitrogen and oxygen atoms in total. The normalized spacial score (nSPS) is 53.5. The van der Waals surface area contributed by atoms with Gasteiger partial charge in [0, 0.05) is 16.9 Å². The lowest BCUT2D eigenvalue weighted by atomic mass is 9.51. The number of rotatable bonds is 0. The average Bonchev–Trinajstić information content (AvgIpc) is 2.59. The van der Waals surface area contributed by atoms with E-state index in [1.54, 1.807) is 0 Å². The summed E-state index contributed by atoms with van der Waals surface area (Å²) < 4.78 is 5.38.